The lowest BCUT2D eigenvalue weighted by Crippen LogP contribution is -1.67. The number of aromatic nitrogens is 1. The second-order valence-corrected chi connectivity index (χ2v) is 4.75. The lowest BCUT2D eigenvalue weighted by Gasteiger charge is -1.90. The molecule has 0 bridgehead atoms. The Labute approximate surface area is 96.8 Å². The van der Waals surface area contributed by atoms with Gasteiger partial charge < -0.3 is 4.98 Å². The number of rotatable bonds is 0. The molecular weight excluding hydrogens is 352 g/mol. The van der Waals surface area contributed by atoms with Gasteiger partial charge in [0.15, 0.2) is 0 Å². The van der Waals surface area contributed by atoms with Crippen molar-refractivity contribution in [1.29, 1.82) is 0 Å². The van der Waals surface area contributed by atoms with Crippen LogP contribution in [0.5, 0.6) is 0 Å². The van der Waals surface area contributed by atoms with Crippen LogP contribution in [0.2, 0.25) is 5.02 Å². The van der Waals surface area contributed by atoms with Gasteiger partial charge in [0, 0.05) is 15.9 Å². The first-order valence-corrected chi connectivity index (χ1v) is 5.55. The van der Waals surface area contributed by atoms with Gasteiger partial charge >= 0.3 is 0 Å². The lowest BCUT2D eigenvalue weighted by molar-refractivity contribution is 1.40. The molecule has 4 heteroatoms. The van der Waals surface area contributed by atoms with Crippen LogP contribution in [0.1, 0.15) is 0 Å². The molecule has 0 spiro atoms. The summed E-state index contributed by atoms with van der Waals surface area (Å²) in [7, 11) is 0. The van der Waals surface area contributed by atoms with Gasteiger partial charge in [-0.05, 0) is 50.7 Å². The average molecular weight is 356 g/mol. The Hall–Kier alpha value is 0.260. The first-order chi connectivity index (χ1) is 5.68. The van der Waals surface area contributed by atoms with E-state index in [4.69, 9.17) is 11.6 Å². The van der Waals surface area contributed by atoms with Gasteiger partial charge in [-0.2, -0.15) is 0 Å². The molecule has 0 saturated heterocycles. The fourth-order valence-corrected chi connectivity index (χ4v) is 2.31. The molecule has 2 rings (SSSR count). The van der Waals surface area contributed by atoms with Crippen molar-refractivity contribution in [3.8, 4) is 0 Å². The number of aromatic amines is 1. The fourth-order valence-electron chi connectivity index (χ4n) is 1.10. The van der Waals surface area contributed by atoms with E-state index in [-0.39, 0.29) is 0 Å². The summed E-state index contributed by atoms with van der Waals surface area (Å²) >= 11 is 11.6. The highest BCUT2D eigenvalue weighted by atomic mass is 127. The van der Waals surface area contributed by atoms with Crippen LogP contribution in [-0.4, -0.2) is 4.98 Å². The molecule has 1 aromatic carbocycles. The monoisotopic (exact) mass is 355 g/mol. The maximum Gasteiger partial charge on any atom is 0.0966 e. The van der Waals surface area contributed by atoms with Gasteiger partial charge in [0.05, 0.1) is 8.17 Å². The molecule has 0 fully saturated rings. The van der Waals surface area contributed by atoms with Crippen molar-refractivity contribution in [2.24, 2.45) is 0 Å². The van der Waals surface area contributed by atoms with Gasteiger partial charge in [0.1, 0.15) is 0 Å². The molecule has 2 aromatic rings. The van der Waals surface area contributed by atoms with E-state index < -0.39 is 0 Å². The van der Waals surface area contributed by atoms with Crippen LogP contribution < -0.4 is 0 Å². The predicted octanol–water partition coefficient (Wildman–Crippen LogP) is 4.19. The number of benzene rings is 1. The van der Waals surface area contributed by atoms with Gasteiger partial charge in [-0.3, -0.25) is 0 Å². The molecule has 1 nitrogen and oxygen atoms in total. The van der Waals surface area contributed by atoms with Crippen LogP contribution in [0.15, 0.2) is 22.8 Å². The molecule has 0 unspecified atom stereocenters. The summed E-state index contributed by atoms with van der Waals surface area (Å²) in [5, 5.41) is 1.96. The van der Waals surface area contributed by atoms with E-state index in [1.807, 2.05) is 18.2 Å². The molecule has 1 aromatic heterocycles. The van der Waals surface area contributed by atoms with E-state index in [2.05, 4.69) is 43.5 Å². The first kappa shape index (κ1) is 8.84. The van der Waals surface area contributed by atoms with Crippen LogP contribution in [0.25, 0.3) is 10.9 Å². The molecule has 1 heterocycles. The zero-order chi connectivity index (χ0) is 8.72. The minimum Gasteiger partial charge on any atom is -0.348 e. The van der Waals surface area contributed by atoms with Gasteiger partial charge in [-0.1, -0.05) is 17.7 Å². The van der Waals surface area contributed by atoms with Gasteiger partial charge in [-0.25, -0.2) is 0 Å². The van der Waals surface area contributed by atoms with Gasteiger partial charge in [0.2, 0.25) is 0 Å². The van der Waals surface area contributed by atoms with E-state index in [0.717, 1.165) is 15.1 Å². The minimum atomic E-state index is 0.757. The number of fused-ring (bicyclic) bond motifs is 1. The summed E-state index contributed by atoms with van der Waals surface area (Å²) in [6.07, 6.45) is 0. The van der Waals surface area contributed by atoms with E-state index in [1.54, 1.807) is 0 Å². The van der Waals surface area contributed by atoms with E-state index >= 15 is 0 Å². The number of H-pyrrole nitrogens is 1. The molecule has 12 heavy (non-hydrogen) atoms. The fraction of sp³-hybridized carbons (Fsp3) is 0. The largest absolute Gasteiger partial charge is 0.348 e. The quantitative estimate of drug-likeness (QED) is 0.682. The highest BCUT2D eigenvalue weighted by Gasteiger charge is 2.05. The molecule has 62 valence electrons. The maximum absolute atomic E-state index is 5.84. The SMILES string of the molecule is Clc1ccc2c(I)c(Br)[nH]c2c1. The summed E-state index contributed by atoms with van der Waals surface area (Å²) in [6, 6.07) is 5.83. The Kier molecular flexibility index (Phi) is 2.35. The van der Waals surface area contributed by atoms with Crippen molar-refractivity contribution in [2.75, 3.05) is 0 Å². The van der Waals surface area contributed by atoms with Crippen LogP contribution in [0.3, 0.4) is 0 Å². The van der Waals surface area contributed by atoms with Gasteiger partial charge in [-0.15, -0.1) is 0 Å². The Morgan fingerprint density at radius 1 is 1.42 bits per heavy atom. The van der Waals surface area contributed by atoms with Crippen LogP contribution in [0.4, 0.5) is 0 Å². The molecule has 0 radical (unpaired) electrons. The summed E-state index contributed by atoms with van der Waals surface area (Å²) < 4.78 is 2.21. The Morgan fingerprint density at radius 2 is 2.17 bits per heavy atom. The van der Waals surface area contributed by atoms with Crippen LogP contribution >= 0.6 is 50.1 Å². The molecule has 0 aliphatic carbocycles. The zero-order valence-corrected chi connectivity index (χ0v) is 10.4. The normalized spacial score (nSPS) is 10.9. The third-order valence-electron chi connectivity index (χ3n) is 1.66. The molecule has 0 aliphatic heterocycles. The molecule has 0 saturated carbocycles. The number of halogens is 3. The second-order valence-electron chi connectivity index (χ2n) is 2.44. The first-order valence-electron chi connectivity index (χ1n) is 3.30. The lowest BCUT2D eigenvalue weighted by atomic mass is 10.2. The standard InChI is InChI=1S/C8H4BrClIN/c9-8-7(11)5-2-1-4(10)3-6(5)12-8/h1-3,12H. The predicted molar refractivity (Wildman–Crippen MR) is 63.7 cm³/mol. The van der Waals surface area contributed by atoms with E-state index in [1.165, 1.54) is 8.96 Å². The molecule has 0 aliphatic rings. The maximum atomic E-state index is 5.84. The highest BCUT2D eigenvalue weighted by Crippen LogP contribution is 2.29. The van der Waals surface area contributed by atoms with Crippen LogP contribution in [0, 0.1) is 3.57 Å². The van der Waals surface area contributed by atoms with Crippen molar-refractivity contribution in [1.82, 2.24) is 4.98 Å². The summed E-state index contributed by atoms with van der Waals surface area (Å²) in [6.45, 7) is 0. The molecule has 0 amide bonds. The zero-order valence-electron chi connectivity index (χ0n) is 5.87. The highest BCUT2D eigenvalue weighted by molar-refractivity contribution is 14.1. The molecular formula is C8H4BrClIN. The number of nitrogens with one attached hydrogen (secondary N) is 1. The summed E-state index contributed by atoms with van der Waals surface area (Å²) in [5.74, 6) is 0. The summed E-state index contributed by atoms with van der Waals surface area (Å²) in [4.78, 5) is 3.19. The number of hydrogen-bond acceptors (Lipinski definition) is 0. The Morgan fingerprint density at radius 3 is 2.92 bits per heavy atom. The Balaban J connectivity index is 2.87. The molecule has 1 N–H and O–H groups in total. The third kappa shape index (κ3) is 1.38. The second kappa shape index (κ2) is 3.20. The van der Waals surface area contributed by atoms with Crippen molar-refractivity contribution >= 4 is 61.0 Å². The average Bonchev–Trinajstić information content (AvgIpc) is 2.28. The summed E-state index contributed by atoms with van der Waals surface area (Å²) in [5.41, 5.74) is 1.07. The molecule has 0 atom stereocenters. The van der Waals surface area contributed by atoms with Crippen LogP contribution in [-0.2, 0) is 0 Å². The topological polar surface area (TPSA) is 15.8 Å². The Bertz CT molecular complexity index is 438. The van der Waals surface area contributed by atoms with Crippen molar-refractivity contribution in [3.05, 3.63) is 31.4 Å². The van der Waals surface area contributed by atoms with Crippen molar-refractivity contribution in [2.45, 2.75) is 0 Å². The minimum absolute atomic E-state index is 0.757. The van der Waals surface area contributed by atoms with Crippen molar-refractivity contribution < 1.29 is 0 Å². The third-order valence-corrected chi connectivity index (χ3v) is 4.35. The van der Waals surface area contributed by atoms with E-state index in [9.17, 15) is 0 Å². The number of hydrogen-bond donors (Lipinski definition) is 1. The van der Waals surface area contributed by atoms with E-state index in [0.29, 0.717) is 0 Å². The van der Waals surface area contributed by atoms with Crippen molar-refractivity contribution in [3.63, 3.8) is 0 Å². The smallest absolute Gasteiger partial charge is 0.0966 e. The van der Waals surface area contributed by atoms with Gasteiger partial charge in [0.25, 0.3) is 0 Å².